The summed E-state index contributed by atoms with van der Waals surface area (Å²) in [7, 11) is 1.66. The maximum atomic E-state index is 11.9. The molecule has 2 aromatic carbocycles. The van der Waals surface area contributed by atoms with E-state index >= 15 is 0 Å². The number of rotatable bonds is 4. The van der Waals surface area contributed by atoms with E-state index in [4.69, 9.17) is 9.47 Å². The first-order valence-electron chi connectivity index (χ1n) is 8.08. The minimum Gasteiger partial charge on any atom is -0.497 e. The molecule has 2 aromatic rings. The lowest BCUT2D eigenvalue weighted by Crippen LogP contribution is -2.35. The SMILES string of the molecule is CCOC(=O)NC1Cc2ccc(OC)cc2/C1=C\c1ccccc1. The molecule has 24 heavy (non-hydrogen) atoms. The fourth-order valence-electron chi connectivity index (χ4n) is 3.00. The first kappa shape index (κ1) is 16.1. The molecule has 0 heterocycles. The highest BCUT2D eigenvalue weighted by Crippen LogP contribution is 2.36. The Labute approximate surface area is 142 Å². The zero-order valence-electron chi connectivity index (χ0n) is 13.9. The van der Waals surface area contributed by atoms with Crippen LogP contribution in [0.2, 0.25) is 0 Å². The van der Waals surface area contributed by atoms with Gasteiger partial charge in [0.15, 0.2) is 0 Å². The predicted molar refractivity (Wildman–Crippen MR) is 95.0 cm³/mol. The number of carbonyl (C=O) groups is 1. The van der Waals surface area contributed by atoms with Gasteiger partial charge in [0.25, 0.3) is 0 Å². The van der Waals surface area contributed by atoms with Gasteiger partial charge in [0.2, 0.25) is 0 Å². The Kier molecular flexibility index (Phi) is 4.85. The van der Waals surface area contributed by atoms with E-state index in [2.05, 4.69) is 17.5 Å². The van der Waals surface area contributed by atoms with E-state index in [-0.39, 0.29) is 12.1 Å². The zero-order valence-corrected chi connectivity index (χ0v) is 13.9. The molecule has 0 saturated heterocycles. The van der Waals surface area contributed by atoms with Crippen molar-refractivity contribution in [2.75, 3.05) is 13.7 Å². The van der Waals surface area contributed by atoms with Crippen LogP contribution in [0.3, 0.4) is 0 Å². The zero-order chi connectivity index (χ0) is 16.9. The largest absolute Gasteiger partial charge is 0.497 e. The van der Waals surface area contributed by atoms with Crippen LogP contribution in [0.4, 0.5) is 4.79 Å². The first-order valence-corrected chi connectivity index (χ1v) is 8.08. The Hall–Kier alpha value is -2.75. The summed E-state index contributed by atoms with van der Waals surface area (Å²) in [5, 5.41) is 2.96. The maximum absolute atomic E-state index is 11.9. The van der Waals surface area contributed by atoms with Crippen LogP contribution in [0.25, 0.3) is 11.6 Å². The van der Waals surface area contributed by atoms with Crippen LogP contribution in [0.1, 0.15) is 23.6 Å². The second-order valence-corrected chi connectivity index (χ2v) is 5.65. The van der Waals surface area contributed by atoms with Gasteiger partial charge in [-0.1, -0.05) is 36.4 Å². The van der Waals surface area contributed by atoms with Crippen molar-refractivity contribution in [1.82, 2.24) is 5.32 Å². The number of hydrogen-bond donors (Lipinski definition) is 1. The van der Waals surface area contributed by atoms with Crippen molar-refractivity contribution < 1.29 is 14.3 Å². The van der Waals surface area contributed by atoms with Gasteiger partial charge >= 0.3 is 6.09 Å². The Bertz CT molecular complexity index is 753. The van der Waals surface area contributed by atoms with Gasteiger partial charge in [0.1, 0.15) is 5.75 Å². The van der Waals surface area contributed by atoms with Gasteiger partial charge in [-0.25, -0.2) is 4.79 Å². The molecule has 0 bridgehead atoms. The second-order valence-electron chi connectivity index (χ2n) is 5.65. The molecule has 3 rings (SSSR count). The van der Waals surface area contributed by atoms with E-state index in [0.29, 0.717) is 6.61 Å². The molecule has 0 aliphatic heterocycles. The third-order valence-electron chi connectivity index (χ3n) is 4.12. The van der Waals surface area contributed by atoms with E-state index in [1.165, 1.54) is 5.56 Å². The topological polar surface area (TPSA) is 47.6 Å². The van der Waals surface area contributed by atoms with Gasteiger partial charge in [-0.15, -0.1) is 0 Å². The summed E-state index contributed by atoms with van der Waals surface area (Å²) in [6, 6.07) is 16.0. The molecule has 1 unspecified atom stereocenters. The number of carbonyl (C=O) groups excluding carboxylic acids is 1. The molecule has 1 atom stereocenters. The summed E-state index contributed by atoms with van der Waals surface area (Å²) in [5.74, 6) is 0.810. The molecule has 0 saturated carbocycles. The standard InChI is InChI=1S/C20H21NO3/c1-3-24-20(22)21-19-12-15-9-10-16(23-2)13-17(15)18(19)11-14-7-5-4-6-8-14/h4-11,13,19H,3,12H2,1-2H3,(H,21,22)/b18-11+. The Morgan fingerprint density at radius 1 is 1.25 bits per heavy atom. The van der Waals surface area contributed by atoms with Crippen molar-refractivity contribution in [3.63, 3.8) is 0 Å². The van der Waals surface area contributed by atoms with E-state index in [9.17, 15) is 4.79 Å². The third kappa shape index (κ3) is 3.43. The molecule has 4 heteroatoms. The number of fused-ring (bicyclic) bond motifs is 1. The van der Waals surface area contributed by atoms with Gasteiger partial charge in [-0.05, 0) is 53.8 Å². The number of benzene rings is 2. The van der Waals surface area contributed by atoms with Crippen LogP contribution in [0, 0.1) is 0 Å². The summed E-state index contributed by atoms with van der Waals surface area (Å²) >= 11 is 0. The van der Waals surface area contributed by atoms with Gasteiger partial charge < -0.3 is 14.8 Å². The molecule has 124 valence electrons. The van der Waals surface area contributed by atoms with Crippen LogP contribution < -0.4 is 10.1 Å². The van der Waals surface area contributed by atoms with Gasteiger partial charge in [0.05, 0.1) is 19.8 Å². The highest BCUT2D eigenvalue weighted by molar-refractivity contribution is 5.90. The van der Waals surface area contributed by atoms with Gasteiger partial charge in [-0.2, -0.15) is 0 Å². The summed E-state index contributed by atoms with van der Waals surface area (Å²) in [4.78, 5) is 11.9. The summed E-state index contributed by atoms with van der Waals surface area (Å²) in [5.41, 5.74) is 4.47. The van der Waals surface area contributed by atoms with E-state index in [1.807, 2.05) is 42.5 Å². The molecule has 0 fully saturated rings. The van der Waals surface area contributed by atoms with Crippen LogP contribution in [-0.2, 0) is 11.2 Å². The molecular weight excluding hydrogens is 302 g/mol. The highest BCUT2D eigenvalue weighted by Gasteiger charge is 2.29. The summed E-state index contributed by atoms with van der Waals surface area (Å²) < 4.78 is 10.4. The quantitative estimate of drug-likeness (QED) is 0.928. The second kappa shape index (κ2) is 7.21. The number of nitrogens with one attached hydrogen (secondary N) is 1. The molecule has 1 aliphatic rings. The molecule has 0 radical (unpaired) electrons. The van der Waals surface area contributed by atoms with Crippen LogP contribution in [0.15, 0.2) is 48.5 Å². The van der Waals surface area contributed by atoms with Crippen LogP contribution >= 0.6 is 0 Å². The van der Waals surface area contributed by atoms with Crippen molar-refractivity contribution in [1.29, 1.82) is 0 Å². The van der Waals surface area contributed by atoms with Crippen molar-refractivity contribution >= 4 is 17.7 Å². The van der Waals surface area contributed by atoms with Gasteiger partial charge in [0, 0.05) is 0 Å². The lowest BCUT2D eigenvalue weighted by Gasteiger charge is -2.15. The minimum absolute atomic E-state index is 0.105. The first-order chi connectivity index (χ1) is 11.7. The molecule has 1 amide bonds. The monoisotopic (exact) mass is 323 g/mol. The average molecular weight is 323 g/mol. The van der Waals surface area contributed by atoms with Crippen LogP contribution in [-0.4, -0.2) is 25.9 Å². The fraction of sp³-hybridized carbons (Fsp3) is 0.250. The van der Waals surface area contributed by atoms with Crippen LogP contribution in [0.5, 0.6) is 5.75 Å². The number of alkyl carbamates (subject to hydrolysis) is 1. The smallest absolute Gasteiger partial charge is 0.407 e. The molecule has 1 aliphatic carbocycles. The average Bonchev–Trinajstić information content (AvgIpc) is 2.92. The molecule has 1 N–H and O–H groups in total. The molecule has 0 aromatic heterocycles. The number of amides is 1. The van der Waals surface area contributed by atoms with E-state index < -0.39 is 0 Å². The Morgan fingerprint density at radius 2 is 2.04 bits per heavy atom. The van der Waals surface area contributed by atoms with Crippen molar-refractivity contribution in [2.45, 2.75) is 19.4 Å². The molecule has 0 spiro atoms. The minimum atomic E-state index is -0.388. The van der Waals surface area contributed by atoms with Crippen molar-refractivity contribution in [2.24, 2.45) is 0 Å². The molecule has 4 nitrogen and oxygen atoms in total. The number of methoxy groups -OCH3 is 1. The van der Waals surface area contributed by atoms with Gasteiger partial charge in [-0.3, -0.25) is 0 Å². The number of ether oxygens (including phenoxy) is 2. The number of hydrogen-bond acceptors (Lipinski definition) is 3. The van der Waals surface area contributed by atoms with E-state index in [0.717, 1.165) is 28.9 Å². The molecular formula is C20H21NO3. The highest BCUT2D eigenvalue weighted by atomic mass is 16.5. The van der Waals surface area contributed by atoms with Crippen molar-refractivity contribution in [3.8, 4) is 5.75 Å². The third-order valence-corrected chi connectivity index (χ3v) is 4.12. The summed E-state index contributed by atoms with van der Waals surface area (Å²) in [6.07, 6.45) is 2.47. The fourth-order valence-corrected chi connectivity index (χ4v) is 3.00. The van der Waals surface area contributed by atoms with Crippen molar-refractivity contribution in [3.05, 3.63) is 65.2 Å². The lowest BCUT2D eigenvalue weighted by atomic mass is 10.0. The summed E-state index contributed by atoms with van der Waals surface area (Å²) in [6.45, 7) is 2.16. The Morgan fingerprint density at radius 3 is 2.75 bits per heavy atom. The normalized spacial score (nSPS) is 17.4. The lowest BCUT2D eigenvalue weighted by molar-refractivity contribution is 0.150. The van der Waals surface area contributed by atoms with E-state index in [1.54, 1.807) is 14.0 Å². The maximum Gasteiger partial charge on any atom is 0.407 e. The Balaban J connectivity index is 1.98. The predicted octanol–water partition coefficient (Wildman–Crippen LogP) is 3.91.